The standard InChI is InChI=1S/C17H28N2O2/c1-13-4-6-14(7-5-13)17(21)8-9-19-12-16(20)10-15(19)11-18(2)3/h4-7,15-17,20-21H,8-12H2,1-3H3. The summed E-state index contributed by atoms with van der Waals surface area (Å²) in [5, 5.41) is 20.2. The van der Waals surface area contributed by atoms with Crippen LogP contribution >= 0.6 is 0 Å². The van der Waals surface area contributed by atoms with Gasteiger partial charge in [-0.25, -0.2) is 0 Å². The first-order valence-corrected chi connectivity index (χ1v) is 7.77. The molecule has 2 N–H and O–H groups in total. The Morgan fingerprint density at radius 2 is 1.95 bits per heavy atom. The van der Waals surface area contributed by atoms with E-state index in [1.165, 1.54) is 5.56 Å². The molecule has 4 nitrogen and oxygen atoms in total. The van der Waals surface area contributed by atoms with Gasteiger partial charge in [0.05, 0.1) is 12.2 Å². The molecule has 1 aromatic rings. The van der Waals surface area contributed by atoms with Crippen LogP contribution in [0.4, 0.5) is 0 Å². The number of likely N-dealkylation sites (N-methyl/N-ethyl adjacent to an activating group) is 1. The van der Waals surface area contributed by atoms with Crippen LogP contribution in [0.2, 0.25) is 0 Å². The van der Waals surface area contributed by atoms with Crippen molar-refractivity contribution in [2.45, 2.75) is 38.0 Å². The van der Waals surface area contributed by atoms with Crippen molar-refractivity contribution in [2.75, 3.05) is 33.7 Å². The van der Waals surface area contributed by atoms with Gasteiger partial charge in [0.2, 0.25) is 0 Å². The quantitative estimate of drug-likeness (QED) is 0.832. The van der Waals surface area contributed by atoms with Crippen LogP contribution in [0.1, 0.15) is 30.1 Å². The Labute approximate surface area is 128 Å². The van der Waals surface area contributed by atoms with E-state index in [-0.39, 0.29) is 6.10 Å². The molecular weight excluding hydrogens is 264 g/mol. The molecule has 21 heavy (non-hydrogen) atoms. The molecule has 4 heteroatoms. The Kier molecular flexibility index (Phi) is 5.76. The summed E-state index contributed by atoms with van der Waals surface area (Å²) < 4.78 is 0. The number of aliphatic hydroxyl groups is 2. The van der Waals surface area contributed by atoms with Gasteiger partial charge in [0.15, 0.2) is 0 Å². The van der Waals surface area contributed by atoms with Crippen molar-refractivity contribution in [2.24, 2.45) is 0 Å². The summed E-state index contributed by atoms with van der Waals surface area (Å²) in [4.78, 5) is 4.47. The van der Waals surface area contributed by atoms with Crippen LogP contribution in [0, 0.1) is 6.92 Å². The molecule has 118 valence electrons. The first-order valence-electron chi connectivity index (χ1n) is 7.77. The zero-order chi connectivity index (χ0) is 15.4. The fraction of sp³-hybridized carbons (Fsp3) is 0.647. The number of aliphatic hydroxyl groups excluding tert-OH is 2. The van der Waals surface area contributed by atoms with Crippen molar-refractivity contribution in [1.82, 2.24) is 9.80 Å². The number of aryl methyl sites for hydroxylation is 1. The lowest BCUT2D eigenvalue weighted by atomic mass is 10.0. The number of β-amino-alcohol motifs (C(OH)–C–C–N with tert-alkyl or cyclic N) is 1. The monoisotopic (exact) mass is 292 g/mol. The van der Waals surface area contributed by atoms with E-state index in [1.54, 1.807) is 0 Å². The third-order valence-corrected chi connectivity index (χ3v) is 4.23. The number of rotatable bonds is 6. The molecule has 1 aromatic carbocycles. The second-order valence-corrected chi connectivity index (χ2v) is 6.52. The molecular formula is C17H28N2O2. The molecule has 1 fully saturated rings. The van der Waals surface area contributed by atoms with Crippen molar-refractivity contribution >= 4 is 0 Å². The molecule has 1 aliphatic heterocycles. The highest BCUT2D eigenvalue weighted by molar-refractivity contribution is 5.23. The maximum absolute atomic E-state index is 10.3. The van der Waals surface area contributed by atoms with Crippen molar-refractivity contribution in [3.8, 4) is 0 Å². The van der Waals surface area contributed by atoms with Crippen LogP contribution in [-0.2, 0) is 0 Å². The minimum Gasteiger partial charge on any atom is -0.392 e. The first kappa shape index (κ1) is 16.4. The van der Waals surface area contributed by atoms with E-state index in [9.17, 15) is 10.2 Å². The summed E-state index contributed by atoms with van der Waals surface area (Å²) in [5.74, 6) is 0. The molecule has 0 amide bonds. The van der Waals surface area contributed by atoms with Gasteiger partial charge >= 0.3 is 0 Å². The SMILES string of the molecule is Cc1ccc(C(O)CCN2CC(O)CC2CN(C)C)cc1. The Morgan fingerprint density at radius 1 is 1.29 bits per heavy atom. The number of hydrogen-bond donors (Lipinski definition) is 2. The number of benzene rings is 1. The summed E-state index contributed by atoms with van der Waals surface area (Å²) in [6.07, 6.45) is 0.883. The molecule has 2 rings (SSSR count). The molecule has 0 spiro atoms. The smallest absolute Gasteiger partial charge is 0.0802 e. The lowest BCUT2D eigenvalue weighted by molar-refractivity contribution is 0.125. The van der Waals surface area contributed by atoms with Gasteiger partial charge in [-0.15, -0.1) is 0 Å². The summed E-state index contributed by atoms with van der Waals surface area (Å²) in [6.45, 7) is 4.55. The van der Waals surface area contributed by atoms with Crippen molar-refractivity contribution in [1.29, 1.82) is 0 Å². The van der Waals surface area contributed by atoms with Gasteiger partial charge in [0, 0.05) is 25.7 Å². The normalized spacial score (nSPS) is 24.7. The average Bonchev–Trinajstić information content (AvgIpc) is 2.76. The maximum atomic E-state index is 10.3. The molecule has 0 aliphatic carbocycles. The lowest BCUT2D eigenvalue weighted by Gasteiger charge is -2.27. The van der Waals surface area contributed by atoms with E-state index in [1.807, 2.05) is 31.2 Å². The zero-order valence-electron chi connectivity index (χ0n) is 13.4. The summed E-state index contributed by atoms with van der Waals surface area (Å²) >= 11 is 0. The van der Waals surface area contributed by atoms with Gasteiger partial charge in [-0.1, -0.05) is 29.8 Å². The summed E-state index contributed by atoms with van der Waals surface area (Å²) in [7, 11) is 4.12. The third-order valence-electron chi connectivity index (χ3n) is 4.23. The minimum absolute atomic E-state index is 0.230. The van der Waals surface area contributed by atoms with Gasteiger partial charge in [-0.3, -0.25) is 4.90 Å². The van der Waals surface area contributed by atoms with E-state index in [4.69, 9.17) is 0 Å². The van der Waals surface area contributed by atoms with Crippen LogP contribution < -0.4 is 0 Å². The Balaban J connectivity index is 1.87. The molecule has 0 radical (unpaired) electrons. The van der Waals surface area contributed by atoms with Gasteiger partial charge in [0.1, 0.15) is 0 Å². The molecule has 0 aromatic heterocycles. The predicted octanol–water partition coefficient (Wildman–Crippen LogP) is 1.42. The number of hydrogen-bond acceptors (Lipinski definition) is 4. The van der Waals surface area contributed by atoms with E-state index in [0.717, 1.165) is 31.6 Å². The van der Waals surface area contributed by atoms with E-state index < -0.39 is 6.10 Å². The topological polar surface area (TPSA) is 46.9 Å². The van der Waals surface area contributed by atoms with Crippen molar-refractivity contribution < 1.29 is 10.2 Å². The van der Waals surface area contributed by atoms with Crippen molar-refractivity contribution in [3.05, 3.63) is 35.4 Å². The predicted molar refractivity (Wildman–Crippen MR) is 85.3 cm³/mol. The molecule has 0 bridgehead atoms. The number of nitrogens with zero attached hydrogens (tertiary/aromatic N) is 2. The fourth-order valence-electron chi connectivity index (χ4n) is 3.09. The first-order chi connectivity index (χ1) is 9.95. The molecule has 1 aliphatic rings. The highest BCUT2D eigenvalue weighted by Crippen LogP contribution is 2.22. The van der Waals surface area contributed by atoms with E-state index in [0.29, 0.717) is 12.5 Å². The summed E-state index contributed by atoms with van der Waals surface area (Å²) in [6, 6.07) is 8.45. The van der Waals surface area contributed by atoms with Gasteiger partial charge < -0.3 is 15.1 Å². The van der Waals surface area contributed by atoms with E-state index in [2.05, 4.69) is 23.9 Å². The zero-order valence-corrected chi connectivity index (χ0v) is 13.4. The maximum Gasteiger partial charge on any atom is 0.0802 e. The van der Waals surface area contributed by atoms with Crippen LogP contribution in [0.3, 0.4) is 0 Å². The van der Waals surface area contributed by atoms with Crippen LogP contribution in [0.25, 0.3) is 0 Å². The highest BCUT2D eigenvalue weighted by Gasteiger charge is 2.31. The van der Waals surface area contributed by atoms with Crippen LogP contribution in [-0.4, -0.2) is 65.9 Å². The average molecular weight is 292 g/mol. The third kappa shape index (κ3) is 4.78. The van der Waals surface area contributed by atoms with Crippen LogP contribution in [0.5, 0.6) is 0 Å². The highest BCUT2D eigenvalue weighted by atomic mass is 16.3. The van der Waals surface area contributed by atoms with Gasteiger partial charge in [-0.2, -0.15) is 0 Å². The second-order valence-electron chi connectivity index (χ2n) is 6.52. The molecule has 1 heterocycles. The minimum atomic E-state index is -0.427. The fourth-order valence-corrected chi connectivity index (χ4v) is 3.09. The number of likely N-dealkylation sites (tertiary alicyclic amines) is 1. The van der Waals surface area contributed by atoms with Gasteiger partial charge in [0.25, 0.3) is 0 Å². The lowest BCUT2D eigenvalue weighted by Crippen LogP contribution is -2.38. The molecule has 0 saturated carbocycles. The molecule has 3 unspecified atom stereocenters. The van der Waals surface area contributed by atoms with Crippen molar-refractivity contribution in [3.63, 3.8) is 0 Å². The second kappa shape index (κ2) is 7.36. The Morgan fingerprint density at radius 3 is 2.57 bits per heavy atom. The largest absolute Gasteiger partial charge is 0.392 e. The van der Waals surface area contributed by atoms with E-state index >= 15 is 0 Å². The Hall–Kier alpha value is -0.940. The summed E-state index contributed by atoms with van der Waals surface area (Å²) in [5.41, 5.74) is 2.18. The molecule has 3 atom stereocenters. The Bertz CT molecular complexity index is 433. The van der Waals surface area contributed by atoms with Gasteiger partial charge in [-0.05, 0) is 39.4 Å². The molecule has 1 saturated heterocycles. The van der Waals surface area contributed by atoms with Crippen LogP contribution in [0.15, 0.2) is 24.3 Å².